The molecule has 145 valence electrons. The Kier molecular flexibility index (Phi) is 4.29. The van der Waals surface area contributed by atoms with Crippen LogP contribution in [0, 0.1) is 6.20 Å². The van der Waals surface area contributed by atoms with Crippen LogP contribution in [0.4, 0.5) is 26.3 Å². The minimum atomic E-state index is -5.67. The van der Waals surface area contributed by atoms with Gasteiger partial charge in [0.1, 0.15) is 0 Å². The molecule has 0 saturated carbocycles. The van der Waals surface area contributed by atoms with Crippen molar-refractivity contribution in [3.8, 4) is 11.3 Å². The van der Waals surface area contributed by atoms with E-state index >= 15 is 0 Å². The minimum absolute atomic E-state index is 0.0373. The van der Waals surface area contributed by atoms with Crippen LogP contribution < -0.4 is 0 Å². The number of halogens is 6. The summed E-state index contributed by atoms with van der Waals surface area (Å²) >= 11 is 0. The molecule has 0 bridgehead atoms. The predicted octanol–water partition coefficient (Wildman–Crippen LogP) is 4.04. The fraction of sp³-hybridized carbons (Fsp3) is 0.267. The molecule has 0 fully saturated rings. The molecule has 2 heterocycles. The average molecular weight is 410 g/mol. The van der Waals surface area contributed by atoms with E-state index in [0.717, 1.165) is 22.9 Å². The summed E-state index contributed by atoms with van der Waals surface area (Å²) in [4.78, 5) is 0. The molecule has 2 aromatic heterocycles. The van der Waals surface area contributed by atoms with Gasteiger partial charge in [-0.05, 0) is 31.2 Å². The summed E-state index contributed by atoms with van der Waals surface area (Å²) in [6.45, 7) is 1.70. The fourth-order valence-electron chi connectivity index (χ4n) is 2.54. The number of hydrogen-bond donors (Lipinski definition) is 0. The summed E-state index contributed by atoms with van der Waals surface area (Å²) < 4.78 is 101. The second-order valence-corrected chi connectivity index (χ2v) is 7.27. The Balaban J connectivity index is 2.14. The molecular formula is C15H10F6N3O2S. The van der Waals surface area contributed by atoms with Crippen molar-refractivity contribution in [2.45, 2.75) is 25.2 Å². The fourth-order valence-corrected chi connectivity index (χ4v) is 3.37. The molecule has 0 unspecified atom stereocenters. The highest BCUT2D eigenvalue weighted by molar-refractivity contribution is 7.90. The van der Waals surface area contributed by atoms with Crippen molar-refractivity contribution in [3.05, 3.63) is 42.2 Å². The molecule has 3 aromatic rings. The maximum absolute atomic E-state index is 12.9. The molecule has 1 aromatic carbocycles. The van der Waals surface area contributed by atoms with E-state index in [0.29, 0.717) is 0 Å². The Bertz CT molecular complexity index is 1110. The third kappa shape index (κ3) is 3.17. The smallest absolute Gasteiger partial charge is 0.265 e. The summed E-state index contributed by atoms with van der Waals surface area (Å²) in [5, 5.41) is 3.53. The SMILES string of the molecule is CCn1nc(C(F)(F)F)cc1-c1ccc2c(c[c]n2S(=O)(=O)C(F)(F)F)c1. The minimum Gasteiger partial charge on any atom is -0.265 e. The number of nitrogens with zero attached hydrogens (tertiary/aromatic N) is 3. The van der Waals surface area contributed by atoms with Crippen LogP contribution in [-0.4, -0.2) is 27.7 Å². The van der Waals surface area contributed by atoms with Gasteiger partial charge in [-0.25, -0.2) is 3.97 Å². The second kappa shape index (κ2) is 6.01. The van der Waals surface area contributed by atoms with E-state index in [1.165, 1.54) is 12.1 Å². The number of benzene rings is 1. The molecule has 12 heteroatoms. The normalized spacial score (nSPS) is 13.4. The van der Waals surface area contributed by atoms with Gasteiger partial charge in [0.15, 0.2) is 5.69 Å². The van der Waals surface area contributed by atoms with Gasteiger partial charge in [0.2, 0.25) is 0 Å². The molecule has 5 nitrogen and oxygen atoms in total. The first kappa shape index (κ1) is 19.3. The van der Waals surface area contributed by atoms with E-state index in [1.54, 1.807) is 6.92 Å². The highest BCUT2D eigenvalue weighted by Crippen LogP contribution is 2.34. The summed E-state index contributed by atoms with van der Waals surface area (Å²) in [7, 11) is -5.67. The topological polar surface area (TPSA) is 56.9 Å². The molecular weight excluding hydrogens is 400 g/mol. The summed E-state index contributed by atoms with van der Waals surface area (Å²) in [5.41, 5.74) is -6.59. The molecule has 0 aliphatic rings. The molecule has 0 aliphatic carbocycles. The van der Waals surface area contributed by atoms with Crippen LogP contribution in [0.15, 0.2) is 30.3 Å². The number of fused-ring (bicyclic) bond motifs is 1. The van der Waals surface area contributed by atoms with E-state index < -0.39 is 27.4 Å². The summed E-state index contributed by atoms with van der Waals surface area (Å²) in [5.74, 6) is 0. The van der Waals surface area contributed by atoms with Gasteiger partial charge in [-0.1, -0.05) is 6.07 Å². The Hall–Kier alpha value is -2.50. The lowest BCUT2D eigenvalue weighted by Crippen LogP contribution is -2.29. The Morgan fingerprint density at radius 2 is 1.78 bits per heavy atom. The monoisotopic (exact) mass is 410 g/mol. The standard InChI is InChI=1S/C15H10F6N3O2S/c1-2-23-12(8-13(22-23)14(16,17)18)9-3-4-11-10(7-9)5-6-24(11)27(25,26)15(19,20)21/h3-5,7-8H,2H2,1H3. The van der Waals surface area contributed by atoms with Crippen LogP contribution in [0.5, 0.6) is 0 Å². The number of hydrogen-bond acceptors (Lipinski definition) is 3. The van der Waals surface area contributed by atoms with E-state index in [1.807, 2.05) is 6.20 Å². The van der Waals surface area contributed by atoms with Gasteiger partial charge in [-0.3, -0.25) is 4.68 Å². The van der Waals surface area contributed by atoms with Gasteiger partial charge < -0.3 is 0 Å². The van der Waals surface area contributed by atoms with Crippen LogP contribution >= 0.6 is 0 Å². The largest absolute Gasteiger partial charge is 0.517 e. The first-order valence-corrected chi connectivity index (χ1v) is 8.80. The molecule has 27 heavy (non-hydrogen) atoms. The Labute approximate surface area is 148 Å². The lowest BCUT2D eigenvalue weighted by atomic mass is 10.1. The zero-order valence-corrected chi connectivity index (χ0v) is 14.2. The van der Waals surface area contributed by atoms with Crippen molar-refractivity contribution in [3.63, 3.8) is 0 Å². The zero-order valence-electron chi connectivity index (χ0n) is 13.4. The van der Waals surface area contributed by atoms with Crippen molar-refractivity contribution < 1.29 is 34.8 Å². The highest BCUT2D eigenvalue weighted by atomic mass is 32.2. The maximum Gasteiger partial charge on any atom is 0.517 e. The van der Waals surface area contributed by atoms with Crippen molar-refractivity contribution in [1.82, 2.24) is 13.8 Å². The first-order valence-electron chi connectivity index (χ1n) is 7.36. The van der Waals surface area contributed by atoms with Crippen molar-refractivity contribution >= 4 is 20.9 Å². The molecule has 0 spiro atoms. The second-order valence-electron chi connectivity index (χ2n) is 5.49. The maximum atomic E-state index is 12.9. The van der Waals surface area contributed by atoms with Crippen LogP contribution in [0.3, 0.4) is 0 Å². The van der Waals surface area contributed by atoms with Crippen LogP contribution in [-0.2, 0) is 22.7 Å². The van der Waals surface area contributed by atoms with E-state index in [9.17, 15) is 34.8 Å². The van der Waals surface area contributed by atoms with Gasteiger partial charge in [0.05, 0.1) is 17.4 Å². The molecule has 0 aliphatic heterocycles. The third-order valence-corrected chi connectivity index (χ3v) is 5.15. The van der Waals surface area contributed by atoms with Gasteiger partial charge in [0.25, 0.3) is 0 Å². The van der Waals surface area contributed by atoms with Crippen molar-refractivity contribution in [2.75, 3.05) is 0 Å². The van der Waals surface area contributed by atoms with E-state index in [4.69, 9.17) is 0 Å². The van der Waals surface area contributed by atoms with Crippen LogP contribution in [0.2, 0.25) is 0 Å². The van der Waals surface area contributed by atoms with Crippen LogP contribution in [0.1, 0.15) is 12.6 Å². The van der Waals surface area contributed by atoms with Gasteiger partial charge in [0, 0.05) is 17.5 Å². The highest BCUT2D eigenvalue weighted by Gasteiger charge is 2.47. The number of alkyl halides is 6. The van der Waals surface area contributed by atoms with Crippen LogP contribution in [0.25, 0.3) is 22.2 Å². The number of aryl methyl sites for hydroxylation is 1. The third-order valence-electron chi connectivity index (χ3n) is 3.78. The molecule has 1 radical (unpaired) electrons. The summed E-state index contributed by atoms with van der Waals surface area (Å²) in [6.07, 6.45) is -2.65. The number of aromatic nitrogens is 3. The Morgan fingerprint density at radius 3 is 2.33 bits per heavy atom. The van der Waals surface area contributed by atoms with Gasteiger partial charge in [-0.15, -0.1) is 0 Å². The quantitative estimate of drug-likeness (QED) is 0.613. The predicted molar refractivity (Wildman–Crippen MR) is 83.0 cm³/mol. The Morgan fingerprint density at radius 1 is 1.11 bits per heavy atom. The van der Waals surface area contributed by atoms with Crippen molar-refractivity contribution in [2.24, 2.45) is 0 Å². The molecule has 0 saturated heterocycles. The lowest BCUT2D eigenvalue weighted by molar-refractivity contribution is -0.141. The molecule has 0 amide bonds. The number of rotatable bonds is 3. The van der Waals surface area contributed by atoms with Crippen molar-refractivity contribution in [1.29, 1.82) is 0 Å². The average Bonchev–Trinajstić information content (AvgIpc) is 3.16. The molecule has 3 rings (SSSR count). The molecule has 0 N–H and O–H groups in total. The summed E-state index contributed by atoms with van der Waals surface area (Å²) in [6, 6.07) is 5.40. The molecule has 0 atom stereocenters. The zero-order chi connectivity index (χ0) is 20.2. The van der Waals surface area contributed by atoms with E-state index in [2.05, 4.69) is 5.10 Å². The van der Waals surface area contributed by atoms with Gasteiger partial charge >= 0.3 is 21.7 Å². The first-order chi connectivity index (χ1) is 12.4. The van der Waals surface area contributed by atoms with E-state index in [-0.39, 0.29) is 32.7 Å². The van der Waals surface area contributed by atoms with Gasteiger partial charge in [-0.2, -0.15) is 39.9 Å². The lowest BCUT2D eigenvalue weighted by Gasteiger charge is -2.10.